The lowest BCUT2D eigenvalue weighted by Gasteiger charge is -2.07. The quantitative estimate of drug-likeness (QED) is 0.738. The van der Waals surface area contributed by atoms with Gasteiger partial charge in [-0.3, -0.25) is 4.98 Å². The number of hydrogen-bond acceptors (Lipinski definition) is 4. The summed E-state index contributed by atoms with van der Waals surface area (Å²) in [5.74, 6) is 0. The smallest absolute Gasteiger partial charge is 0.228 e. The Morgan fingerprint density at radius 2 is 1.85 bits per heavy atom. The Kier molecular flexibility index (Phi) is 3.02. The van der Waals surface area contributed by atoms with E-state index in [9.17, 15) is 8.42 Å². The van der Waals surface area contributed by atoms with Crippen LogP contribution in [0.4, 0.5) is 0 Å². The van der Waals surface area contributed by atoms with Crippen LogP contribution in [0.15, 0.2) is 53.8 Å². The minimum absolute atomic E-state index is 0.0735. The molecule has 0 spiro atoms. The van der Waals surface area contributed by atoms with Crippen molar-refractivity contribution in [1.29, 1.82) is 0 Å². The average molecular weight is 287 g/mol. The maximum atomic E-state index is 11.9. The first-order valence-electron chi connectivity index (χ1n) is 6.11. The Morgan fingerprint density at radius 1 is 1.10 bits per heavy atom. The minimum Gasteiger partial charge on any atom is -0.309 e. The van der Waals surface area contributed by atoms with Gasteiger partial charge < -0.3 is 4.57 Å². The largest absolute Gasteiger partial charge is 0.309 e. The van der Waals surface area contributed by atoms with Crippen molar-refractivity contribution in [3.05, 3.63) is 54.4 Å². The fourth-order valence-electron chi connectivity index (χ4n) is 2.14. The van der Waals surface area contributed by atoms with Crippen LogP contribution < -0.4 is 0 Å². The minimum atomic E-state index is -3.39. The first-order chi connectivity index (χ1) is 9.55. The molecule has 0 aliphatic carbocycles. The number of benzene rings is 1. The summed E-state index contributed by atoms with van der Waals surface area (Å²) in [6, 6.07) is 12.9. The molecule has 0 aliphatic heterocycles. The van der Waals surface area contributed by atoms with Gasteiger partial charge in [-0.15, -0.1) is 0 Å². The third-order valence-electron chi connectivity index (χ3n) is 3.00. The van der Waals surface area contributed by atoms with E-state index in [1.54, 1.807) is 16.8 Å². The third kappa shape index (κ3) is 2.30. The Hall–Kier alpha value is -2.21. The molecule has 0 atom stereocenters. The summed E-state index contributed by atoms with van der Waals surface area (Å²) in [7, 11) is -3.39. The van der Waals surface area contributed by atoms with E-state index in [1.807, 2.05) is 36.4 Å². The van der Waals surface area contributed by atoms with E-state index in [-0.39, 0.29) is 5.16 Å². The fourth-order valence-corrected chi connectivity index (χ4v) is 2.97. The van der Waals surface area contributed by atoms with Gasteiger partial charge in [0.25, 0.3) is 0 Å². The second-order valence-electron chi connectivity index (χ2n) is 4.56. The Balaban J connectivity index is 2.22. The molecule has 0 fully saturated rings. The van der Waals surface area contributed by atoms with Crippen molar-refractivity contribution in [2.24, 2.45) is 0 Å². The first kappa shape index (κ1) is 12.8. The summed E-state index contributed by atoms with van der Waals surface area (Å²) in [6.45, 7) is 0.379. The lowest BCUT2D eigenvalue weighted by atomic mass is 10.3. The van der Waals surface area contributed by atoms with E-state index < -0.39 is 9.84 Å². The molecule has 2 heterocycles. The summed E-state index contributed by atoms with van der Waals surface area (Å²) in [6.07, 6.45) is 2.86. The number of sulfone groups is 1. The van der Waals surface area contributed by atoms with Gasteiger partial charge in [-0.2, -0.15) is 0 Å². The molecule has 3 aromatic rings. The van der Waals surface area contributed by atoms with Gasteiger partial charge in [-0.1, -0.05) is 18.2 Å². The van der Waals surface area contributed by atoms with Crippen LogP contribution in [0.25, 0.3) is 11.0 Å². The van der Waals surface area contributed by atoms with E-state index in [4.69, 9.17) is 0 Å². The summed E-state index contributed by atoms with van der Waals surface area (Å²) in [5.41, 5.74) is 2.25. The molecule has 1 aromatic carbocycles. The lowest BCUT2D eigenvalue weighted by Crippen LogP contribution is -2.10. The van der Waals surface area contributed by atoms with Crippen LogP contribution in [0.5, 0.6) is 0 Å². The second-order valence-corrected chi connectivity index (χ2v) is 6.47. The molecule has 3 rings (SSSR count). The van der Waals surface area contributed by atoms with Gasteiger partial charge in [0.15, 0.2) is 0 Å². The van der Waals surface area contributed by atoms with E-state index in [2.05, 4.69) is 9.97 Å². The van der Waals surface area contributed by atoms with Gasteiger partial charge in [0.2, 0.25) is 15.0 Å². The summed E-state index contributed by atoms with van der Waals surface area (Å²) in [4.78, 5) is 8.47. The lowest BCUT2D eigenvalue weighted by molar-refractivity contribution is 0.580. The topological polar surface area (TPSA) is 64.8 Å². The van der Waals surface area contributed by atoms with Gasteiger partial charge in [-0.05, 0) is 24.3 Å². The average Bonchev–Trinajstić information content (AvgIpc) is 2.79. The maximum Gasteiger partial charge on any atom is 0.228 e. The van der Waals surface area contributed by atoms with Crippen molar-refractivity contribution in [1.82, 2.24) is 14.5 Å². The van der Waals surface area contributed by atoms with E-state index in [1.165, 1.54) is 6.26 Å². The van der Waals surface area contributed by atoms with Crippen LogP contribution >= 0.6 is 0 Å². The predicted molar refractivity (Wildman–Crippen MR) is 76.2 cm³/mol. The van der Waals surface area contributed by atoms with Crippen LogP contribution in [0, 0.1) is 0 Å². The molecule has 0 N–H and O–H groups in total. The molecule has 0 unspecified atom stereocenters. The van der Waals surface area contributed by atoms with Crippen LogP contribution in [0.1, 0.15) is 5.69 Å². The van der Waals surface area contributed by atoms with Crippen LogP contribution in [0.2, 0.25) is 0 Å². The second kappa shape index (κ2) is 4.72. The molecule has 0 aliphatic rings. The zero-order valence-electron chi connectivity index (χ0n) is 10.9. The Morgan fingerprint density at radius 3 is 2.55 bits per heavy atom. The molecule has 0 saturated heterocycles. The highest BCUT2D eigenvalue weighted by Crippen LogP contribution is 2.20. The molecule has 20 heavy (non-hydrogen) atoms. The molecule has 2 aromatic heterocycles. The van der Waals surface area contributed by atoms with E-state index in [0.29, 0.717) is 12.1 Å². The number of para-hydroxylation sites is 2. The van der Waals surface area contributed by atoms with Gasteiger partial charge in [0.05, 0.1) is 23.3 Å². The normalized spacial score (nSPS) is 11.8. The summed E-state index contributed by atoms with van der Waals surface area (Å²) >= 11 is 0. The zero-order chi connectivity index (χ0) is 14.2. The molecular weight excluding hydrogens is 274 g/mol. The number of fused-ring (bicyclic) bond motifs is 1. The maximum absolute atomic E-state index is 11.9. The number of imidazole rings is 1. The van der Waals surface area contributed by atoms with Crippen molar-refractivity contribution in [2.45, 2.75) is 11.7 Å². The molecule has 102 valence electrons. The number of aromatic nitrogens is 3. The van der Waals surface area contributed by atoms with Crippen LogP contribution in [-0.4, -0.2) is 29.2 Å². The Bertz CT molecular complexity index is 855. The summed E-state index contributed by atoms with van der Waals surface area (Å²) in [5, 5.41) is 0.0735. The van der Waals surface area contributed by atoms with Crippen molar-refractivity contribution in [2.75, 3.05) is 6.26 Å². The number of rotatable bonds is 3. The van der Waals surface area contributed by atoms with Gasteiger partial charge in [0.1, 0.15) is 0 Å². The molecular formula is C14H13N3O2S. The van der Waals surface area contributed by atoms with Crippen molar-refractivity contribution >= 4 is 20.9 Å². The number of hydrogen-bond donors (Lipinski definition) is 0. The molecule has 5 nitrogen and oxygen atoms in total. The van der Waals surface area contributed by atoms with E-state index >= 15 is 0 Å². The van der Waals surface area contributed by atoms with Crippen molar-refractivity contribution < 1.29 is 8.42 Å². The van der Waals surface area contributed by atoms with Crippen LogP contribution in [-0.2, 0) is 16.4 Å². The molecule has 6 heteroatoms. The van der Waals surface area contributed by atoms with Gasteiger partial charge in [0, 0.05) is 12.5 Å². The molecule has 0 bridgehead atoms. The SMILES string of the molecule is CS(=O)(=O)c1nc2ccccc2n1Cc1ccccn1. The standard InChI is InChI=1S/C14H13N3O2S/c1-20(18,19)14-16-12-7-2-3-8-13(12)17(14)10-11-6-4-5-9-15-11/h2-9H,10H2,1H3. The summed E-state index contributed by atoms with van der Waals surface area (Å²) < 4.78 is 25.5. The zero-order valence-corrected chi connectivity index (χ0v) is 11.7. The number of nitrogens with zero attached hydrogens (tertiary/aromatic N) is 3. The van der Waals surface area contributed by atoms with E-state index in [0.717, 1.165) is 11.2 Å². The predicted octanol–water partition coefficient (Wildman–Crippen LogP) is 1.88. The molecule has 0 radical (unpaired) electrons. The Labute approximate surface area is 116 Å². The van der Waals surface area contributed by atoms with Crippen molar-refractivity contribution in [3.63, 3.8) is 0 Å². The molecule has 0 saturated carbocycles. The van der Waals surface area contributed by atoms with Gasteiger partial charge in [-0.25, -0.2) is 13.4 Å². The molecule has 0 amide bonds. The highest BCUT2D eigenvalue weighted by atomic mass is 32.2. The van der Waals surface area contributed by atoms with Crippen molar-refractivity contribution in [3.8, 4) is 0 Å². The monoisotopic (exact) mass is 287 g/mol. The van der Waals surface area contributed by atoms with Gasteiger partial charge >= 0.3 is 0 Å². The third-order valence-corrected chi connectivity index (χ3v) is 3.97. The highest BCUT2D eigenvalue weighted by Gasteiger charge is 2.19. The highest BCUT2D eigenvalue weighted by molar-refractivity contribution is 7.90. The van der Waals surface area contributed by atoms with Crippen LogP contribution in [0.3, 0.4) is 0 Å². The fraction of sp³-hybridized carbons (Fsp3) is 0.143. The first-order valence-corrected chi connectivity index (χ1v) is 8.00. The number of pyridine rings is 1.